The summed E-state index contributed by atoms with van der Waals surface area (Å²) < 4.78 is 17.5. The minimum atomic E-state index is -1.64. The molecule has 1 rings (SSSR count). The van der Waals surface area contributed by atoms with E-state index >= 15 is 0 Å². The summed E-state index contributed by atoms with van der Waals surface area (Å²) in [6.07, 6.45) is 52.6. The van der Waals surface area contributed by atoms with E-state index in [0.717, 1.165) is 64.2 Å². The van der Waals surface area contributed by atoms with Gasteiger partial charge in [-0.1, -0.05) is 255 Å². The van der Waals surface area contributed by atoms with Crippen molar-refractivity contribution in [1.29, 1.82) is 0 Å². The number of aliphatic hydroxyl groups is 5. The van der Waals surface area contributed by atoms with Gasteiger partial charge in [-0.25, -0.2) is 0 Å². The molecule has 1 aliphatic rings. The Kier molecular flexibility index (Phi) is 47.9. The van der Waals surface area contributed by atoms with E-state index in [1.807, 2.05) is 12.2 Å². The lowest BCUT2D eigenvalue weighted by Crippen LogP contribution is -2.61. The SMILES string of the molecule is CCCCC/C=C\C/C=C\C/C=C\C/C=C\CCCC(=O)OC1C(OCC(NC(=O)C(O)CCCCCCCCCCCCCCCCCC)C(O)/C=C/CCCCCCCCCCCC)OC(CO)C(O)C1O. The highest BCUT2D eigenvalue weighted by atomic mass is 16.7. The van der Waals surface area contributed by atoms with Crippen LogP contribution in [0.4, 0.5) is 0 Å². The molecule has 8 unspecified atom stereocenters. The minimum Gasteiger partial charge on any atom is -0.454 e. The fourth-order valence-corrected chi connectivity index (χ4v) is 9.29. The van der Waals surface area contributed by atoms with Crippen LogP contribution in [-0.2, 0) is 23.8 Å². The van der Waals surface area contributed by atoms with Crippen LogP contribution in [0, 0.1) is 0 Å². The van der Waals surface area contributed by atoms with Crippen LogP contribution < -0.4 is 5.32 Å². The van der Waals surface area contributed by atoms with E-state index in [-0.39, 0.29) is 19.4 Å². The standard InChI is InChI=1S/C63H113NO10/c1-4-7-10-13-16-19-22-25-27-29-31-33-36-39-42-45-48-51-58(68)74-61-60(70)59(69)57(52-65)73-63(61)72-53-54(55(66)49-46-43-40-37-34-24-21-18-15-12-9-6-3)64-62(71)56(67)50-47-44-41-38-35-32-30-28-26-23-20-17-14-11-8-5-2/h16,19,25,27,31,33,39,42,46,49,54-57,59-61,63,65-67,69-70H,4-15,17-18,20-24,26,28-30,32,34-38,40-41,43-45,47-48,50-53H2,1-3H3,(H,64,71)/b19-16-,27-25-,33-31-,42-39-,49-46+. The average molecular weight is 1040 g/mol. The normalized spacial score (nSPS) is 19.7. The lowest BCUT2D eigenvalue weighted by molar-refractivity contribution is -0.305. The fraction of sp³-hybridized carbons (Fsp3) is 0.810. The number of nitrogens with one attached hydrogen (secondary N) is 1. The average Bonchev–Trinajstić information content (AvgIpc) is 3.40. The Morgan fingerprint density at radius 2 is 0.932 bits per heavy atom. The molecule has 0 aromatic rings. The molecule has 8 atom stereocenters. The zero-order chi connectivity index (χ0) is 54.0. The maximum atomic E-state index is 13.4. The number of hydrogen-bond acceptors (Lipinski definition) is 10. The molecule has 0 saturated carbocycles. The summed E-state index contributed by atoms with van der Waals surface area (Å²) >= 11 is 0. The van der Waals surface area contributed by atoms with Crippen LogP contribution >= 0.6 is 0 Å². The maximum Gasteiger partial charge on any atom is 0.306 e. The lowest BCUT2D eigenvalue weighted by atomic mass is 9.99. The predicted molar refractivity (Wildman–Crippen MR) is 306 cm³/mol. The summed E-state index contributed by atoms with van der Waals surface area (Å²) in [5, 5.41) is 56.9. The fourth-order valence-electron chi connectivity index (χ4n) is 9.29. The van der Waals surface area contributed by atoms with Gasteiger partial charge in [-0.3, -0.25) is 9.59 Å². The van der Waals surface area contributed by atoms with Crippen molar-refractivity contribution >= 4 is 11.9 Å². The van der Waals surface area contributed by atoms with Gasteiger partial charge < -0.3 is 45.1 Å². The number of hydrogen-bond donors (Lipinski definition) is 6. The van der Waals surface area contributed by atoms with Crippen molar-refractivity contribution in [3.05, 3.63) is 60.8 Å². The molecule has 1 heterocycles. The summed E-state index contributed by atoms with van der Waals surface area (Å²) in [6.45, 7) is 5.74. The molecule has 430 valence electrons. The summed E-state index contributed by atoms with van der Waals surface area (Å²) in [6, 6.07) is -1.03. The highest BCUT2D eigenvalue weighted by Gasteiger charge is 2.47. The van der Waals surface area contributed by atoms with E-state index in [9.17, 15) is 35.1 Å². The number of esters is 1. The molecule has 11 nitrogen and oxygen atoms in total. The first-order valence-electron chi connectivity index (χ1n) is 30.6. The van der Waals surface area contributed by atoms with E-state index in [1.165, 1.54) is 148 Å². The molecule has 0 aromatic heterocycles. The van der Waals surface area contributed by atoms with Gasteiger partial charge in [-0.05, 0) is 64.2 Å². The Labute approximate surface area is 452 Å². The number of allylic oxidation sites excluding steroid dienone is 9. The smallest absolute Gasteiger partial charge is 0.306 e. The van der Waals surface area contributed by atoms with E-state index in [0.29, 0.717) is 19.3 Å². The van der Waals surface area contributed by atoms with Crippen LogP contribution in [0.1, 0.15) is 265 Å². The molecule has 0 bridgehead atoms. The summed E-state index contributed by atoms with van der Waals surface area (Å²) in [5.41, 5.74) is 0. The van der Waals surface area contributed by atoms with E-state index < -0.39 is 67.4 Å². The number of rotatable bonds is 51. The summed E-state index contributed by atoms with van der Waals surface area (Å²) in [4.78, 5) is 26.5. The molecule has 1 fully saturated rings. The molecule has 0 aromatic carbocycles. The monoisotopic (exact) mass is 1040 g/mol. The topological polar surface area (TPSA) is 175 Å². The zero-order valence-corrected chi connectivity index (χ0v) is 47.5. The largest absolute Gasteiger partial charge is 0.454 e. The Bertz CT molecular complexity index is 1430. The summed E-state index contributed by atoms with van der Waals surface area (Å²) in [5.74, 6) is -1.25. The minimum absolute atomic E-state index is 0.0476. The van der Waals surface area contributed by atoms with Gasteiger partial charge in [0.15, 0.2) is 12.4 Å². The number of ether oxygens (including phenoxy) is 3. The molecule has 1 amide bonds. The first-order chi connectivity index (χ1) is 36.2. The first-order valence-corrected chi connectivity index (χ1v) is 30.6. The molecule has 0 radical (unpaired) electrons. The van der Waals surface area contributed by atoms with Crippen LogP contribution in [0.5, 0.6) is 0 Å². The Morgan fingerprint density at radius 1 is 0.527 bits per heavy atom. The number of carbonyl (C=O) groups excluding carboxylic acids is 2. The van der Waals surface area contributed by atoms with Crippen molar-refractivity contribution in [2.75, 3.05) is 13.2 Å². The molecule has 1 saturated heterocycles. The molecule has 11 heteroatoms. The molecule has 6 N–H and O–H groups in total. The van der Waals surface area contributed by atoms with Crippen LogP contribution in [0.25, 0.3) is 0 Å². The Balaban J connectivity index is 2.73. The second-order valence-corrected chi connectivity index (χ2v) is 21.1. The van der Waals surface area contributed by atoms with E-state index in [2.05, 4.69) is 68.6 Å². The Morgan fingerprint density at radius 3 is 1.42 bits per heavy atom. The van der Waals surface area contributed by atoms with Gasteiger partial charge in [0.25, 0.3) is 0 Å². The Hall–Kier alpha value is -2.64. The van der Waals surface area contributed by atoms with Crippen molar-refractivity contribution < 1.29 is 49.3 Å². The molecular formula is C63H113NO10. The highest BCUT2D eigenvalue weighted by molar-refractivity contribution is 5.80. The van der Waals surface area contributed by atoms with Crippen molar-refractivity contribution in [2.24, 2.45) is 0 Å². The third-order valence-electron chi connectivity index (χ3n) is 14.2. The van der Waals surface area contributed by atoms with E-state index in [1.54, 1.807) is 6.08 Å². The lowest BCUT2D eigenvalue weighted by Gasteiger charge is -2.41. The predicted octanol–water partition coefficient (Wildman–Crippen LogP) is 14.2. The quantitative estimate of drug-likeness (QED) is 0.0195. The van der Waals surface area contributed by atoms with Gasteiger partial charge in [-0.2, -0.15) is 0 Å². The first kappa shape index (κ1) is 69.4. The third-order valence-corrected chi connectivity index (χ3v) is 14.2. The van der Waals surface area contributed by atoms with Crippen molar-refractivity contribution in [1.82, 2.24) is 5.32 Å². The number of unbranched alkanes of at least 4 members (excludes halogenated alkanes) is 29. The third kappa shape index (κ3) is 38.8. The van der Waals surface area contributed by atoms with Crippen LogP contribution in [0.3, 0.4) is 0 Å². The number of aliphatic hydroxyl groups excluding tert-OH is 5. The van der Waals surface area contributed by atoms with Crippen molar-refractivity contribution in [2.45, 2.75) is 314 Å². The van der Waals surface area contributed by atoms with Crippen LogP contribution in [-0.4, -0.2) is 99.6 Å². The zero-order valence-electron chi connectivity index (χ0n) is 47.5. The highest BCUT2D eigenvalue weighted by Crippen LogP contribution is 2.26. The maximum absolute atomic E-state index is 13.4. The molecule has 0 aliphatic carbocycles. The van der Waals surface area contributed by atoms with Gasteiger partial charge in [0.1, 0.15) is 24.4 Å². The van der Waals surface area contributed by atoms with E-state index in [4.69, 9.17) is 14.2 Å². The van der Waals surface area contributed by atoms with Gasteiger partial charge in [0.2, 0.25) is 5.91 Å². The van der Waals surface area contributed by atoms with Gasteiger partial charge in [-0.15, -0.1) is 0 Å². The van der Waals surface area contributed by atoms with Crippen molar-refractivity contribution in [3.63, 3.8) is 0 Å². The van der Waals surface area contributed by atoms with Gasteiger partial charge in [0.05, 0.1) is 25.4 Å². The van der Waals surface area contributed by atoms with Crippen LogP contribution in [0.2, 0.25) is 0 Å². The molecule has 1 aliphatic heterocycles. The molecule has 74 heavy (non-hydrogen) atoms. The summed E-state index contributed by atoms with van der Waals surface area (Å²) in [7, 11) is 0. The van der Waals surface area contributed by atoms with Crippen LogP contribution in [0.15, 0.2) is 60.8 Å². The number of carbonyl (C=O) groups is 2. The van der Waals surface area contributed by atoms with Crippen molar-refractivity contribution in [3.8, 4) is 0 Å². The molecule has 0 spiro atoms. The second-order valence-electron chi connectivity index (χ2n) is 21.1. The van der Waals surface area contributed by atoms with Gasteiger partial charge >= 0.3 is 5.97 Å². The number of amides is 1. The molecular weight excluding hydrogens is 931 g/mol. The second kappa shape index (κ2) is 51.1. The van der Waals surface area contributed by atoms with Gasteiger partial charge in [0, 0.05) is 6.42 Å².